The van der Waals surface area contributed by atoms with Crippen LogP contribution >= 0.6 is 0 Å². The lowest BCUT2D eigenvalue weighted by Crippen LogP contribution is -2.44. The van der Waals surface area contributed by atoms with Gasteiger partial charge in [0.1, 0.15) is 5.82 Å². The number of amides is 1. The summed E-state index contributed by atoms with van der Waals surface area (Å²) in [5, 5.41) is 6.01. The lowest BCUT2D eigenvalue weighted by molar-refractivity contribution is -0.111. The zero-order valence-corrected chi connectivity index (χ0v) is 20.3. The minimum Gasteiger partial charge on any atom is -0.369 e. The highest BCUT2D eigenvalue weighted by molar-refractivity contribution is 5.99. The third-order valence-corrected chi connectivity index (χ3v) is 6.29. The first kappa shape index (κ1) is 24.1. The summed E-state index contributed by atoms with van der Waals surface area (Å²) in [7, 11) is 2.12. The molecule has 0 spiro atoms. The van der Waals surface area contributed by atoms with E-state index in [9.17, 15) is 14.0 Å². The SMILES string of the molecule is C=CC(=O)Nc1ccc(F)c(-n2ccc(=O)c3cnc(Nc4ccc(N5CCN(C)CC5)cc4)nc32)c1. The molecule has 2 aromatic heterocycles. The van der Waals surface area contributed by atoms with Crippen molar-refractivity contribution in [2.24, 2.45) is 0 Å². The fraction of sp³-hybridized carbons (Fsp3) is 0.185. The molecule has 0 aliphatic carbocycles. The van der Waals surface area contributed by atoms with E-state index in [0.717, 1.165) is 43.6 Å². The molecule has 2 N–H and O–H groups in total. The van der Waals surface area contributed by atoms with Gasteiger partial charge >= 0.3 is 0 Å². The number of piperazine rings is 1. The monoisotopic (exact) mass is 499 g/mol. The van der Waals surface area contributed by atoms with Crippen LogP contribution in [0.4, 0.5) is 27.4 Å². The fourth-order valence-corrected chi connectivity index (χ4v) is 4.21. The minimum absolute atomic E-state index is 0.119. The van der Waals surface area contributed by atoms with Crippen LogP contribution in [0.5, 0.6) is 0 Å². The standard InChI is InChI=1S/C27H26FN7O2/c1-3-25(37)30-19-6-9-22(28)23(16-19)35-11-10-24(36)21-17-29-27(32-26(21)35)31-18-4-7-20(8-5-18)34-14-12-33(2)13-15-34/h3-11,16-17H,1,12-15H2,2H3,(H,30,37)(H,29,31,32). The van der Waals surface area contributed by atoms with Crippen molar-refractivity contribution in [3.63, 3.8) is 0 Å². The number of halogens is 1. The number of anilines is 4. The van der Waals surface area contributed by atoms with Gasteiger partial charge in [0.2, 0.25) is 11.9 Å². The first-order valence-corrected chi connectivity index (χ1v) is 11.8. The number of carbonyl (C=O) groups excluding carboxylic acids is 1. The van der Waals surface area contributed by atoms with Crippen LogP contribution < -0.4 is 21.0 Å². The molecule has 0 bridgehead atoms. The molecule has 0 atom stereocenters. The first-order chi connectivity index (χ1) is 17.9. The Labute approximate surface area is 212 Å². The second kappa shape index (κ2) is 10.2. The van der Waals surface area contributed by atoms with Gasteiger partial charge in [-0.3, -0.25) is 14.2 Å². The third-order valence-electron chi connectivity index (χ3n) is 6.29. The number of likely N-dealkylation sites (N-methyl/N-ethyl adjacent to an activating group) is 1. The molecule has 1 saturated heterocycles. The van der Waals surface area contributed by atoms with E-state index in [4.69, 9.17) is 0 Å². The molecule has 5 rings (SSSR count). The molecule has 2 aromatic carbocycles. The zero-order valence-electron chi connectivity index (χ0n) is 20.3. The van der Waals surface area contributed by atoms with Crippen LogP contribution in [0.1, 0.15) is 0 Å². The number of aromatic nitrogens is 3. The molecule has 37 heavy (non-hydrogen) atoms. The summed E-state index contributed by atoms with van der Waals surface area (Å²) in [5.74, 6) is -0.709. The number of carbonyl (C=O) groups is 1. The van der Waals surface area contributed by atoms with Crippen molar-refractivity contribution in [1.29, 1.82) is 0 Å². The van der Waals surface area contributed by atoms with Crippen molar-refractivity contribution < 1.29 is 9.18 Å². The molecule has 1 fully saturated rings. The van der Waals surface area contributed by atoms with E-state index in [0.29, 0.717) is 5.69 Å². The highest BCUT2D eigenvalue weighted by Gasteiger charge is 2.15. The van der Waals surface area contributed by atoms with Gasteiger partial charge in [0.25, 0.3) is 0 Å². The van der Waals surface area contributed by atoms with Crippen molar-refractivity contribution in [1.82, 2.24) is 19.4 Å². The summed E-state index contributed by atoms with van der Waals surface area (Å²) < 4.78 is 16.3. The van der Waals surface area contributed by atoms with Gasteiger partial charge < -0.3 is 20.4 Å². The van der Waals surface area contributed by atoms with Gasteiger partial charge in [0.05, 0.1) is 11.1 Å². The van der Waals surface area contributed by atoms with Gasteiger partial charge in [0, 0.05) is 61.7 Å². The van der Waals surface area contributed by atoms with Gasteiger partial charge in [-0.15, -0.1) is 0 Å². The van der Waals surface area contributed by atoms with E-state index in [1.807, 2.05) is 24.3 Å². The molecule has 0 saturated carbocycles. The van der Waals surface area contributed by atoms with Gasteiger partial charge in [-0.25, -0.2) is 9.37 Å². The Morgan fingerprint density at radius 1 is 1.05 bits per heavy atom. The summed E-state index contributed by atoms with van der Waals surface area (Å²) in [4.78, 5) is 37.7. The largest absolute Gasteiger partial charge is 0.369 e. The van der Waals surface area contributed by atoms with Gasteiger partial charge in [-0.2, -0.15) is 4.98 Å². The summed E-state index contributed by atoms with van der Waals surface area (Å²) >= 11 is 0. The molecule has 188 valence electrons. The second-order valence-electron chi connectivity index (χ2n) is 8.80. The summed E-state index contributed by atoms with van der Waals surface area (Å²) in [6.45, 7) is 7.43. The number of nitrogens with zero attached hydrogens (tertiary/aromatic N) is 5. The summed E-state index contributed by atoms with van der Waals surface area (Å²) in [6.07, 6.45) is 3.99. The van der Waals surface area contributed by atoms with E-state index >= 15 is 0 Å². The summed E-state index contributed by atoms with van der Waals surface area (Å²) in [5.41, 5.74) is 2.36. The predicted molar refractivity (Wildman–Crippen MR) is 143 cm³/mol. The van der Waals surface area contributed by atoms with E-state index in [1.54, 1.807) is 0 Å². The van der Waals surface area contributed by atoms with Crippen molar-refractivity contribution in [3.8, 4) is 5.69 Å². The molecule has 0 radical (unpaired) electrons. The molecule has 1 amide bonds. The lowest BCUT2D eigenvalue weighted by Gasteiger charge is -2.34. The zero-order chi connectivity index (χ0) is 25.9. The van der Waals surface area contributed by atoms with E-state index in [-0.39, 0.29) is 28.1 Å². The number of nitrogens with one attached hydrogen (secondary N) is 2. The molecule has 0 unspecified atom stereocenters. The number of rotatable bonds is 6. The normalized spacial score (nSPS) is 13.9. The van der Waals surface area contributed by atoms with E-state index < -0.39 is 11.7 Å². The Balaban J connectivity index is 1.46. The van der Waals surface area contributed by atoms with Crippen molar-refractivity contribution in [2.75, 3.05) is 48.8 Å². The maximum absolute atomic E-state index is 14.9. The Bertz CT molecular complexity index is 1530. The molecule has 4 aromatic rings. The van der Waals surface area contributed by atoms with Crippen LogP contribution in [0, 0.1) is 5.82 Å². The van der Waals surface area contributed by atoms with Crippen LogP contribution in [0.2, 0.25) is 0 Å². The Morgan fingerprint density at radius 3 is 2.51 bits per heavy atom. The molecular formula is C27H26FN7O2. The highest BCUT2D eigenvalue weighted by atomic mass is 19.1. The van der Waals surface area contributed by atoms with Crippen LogP contribution in [0.25, 0.3) is 16.7 Å². The number of pyridine rings is 1. The van der Waals surface area contributed by atoms with Crippen molar-refractivity contribution in [3.05, 3.63) is 89.6 Å². The predicted octanol–water partition coefficient (Wildman–Crippen LogP) is 3.54. The smallest absolute Gasteiger partial charge is 0.247 e. The third kappa shape index (κ3) is 5.19. The van der Waals surface area contributed by atoms with Gasteiger partial charge in [0.15, 0.2) is 11.1 Å². The van der Waals surface area contributed by atoms with Gasteiger partial charge in [-0.1, -0.05) is 6.58 Å². The molecule has 1 aliphatic rings. The Kier molecular flexibility index (Phi) is 6.65. The molecule has 9 nitrogen and oxygen atoms in total. The number of benzene rings is 2. The topological polar surface area (TPSA) is 95.4 Å². The number of hydrogen-bond acceptors (Lipinski definition) is 7. The van der Waals surface area contributed by atoms with Crippen LogP contribution in [0.3, 0.4) is 0 Å². The molecule has 10 heteroatoms. The second-order valence-corrected chi connectivity index (χ2v) is 8.80. The van der Waals surface area contributed by atoms with Crippen LogP contribution in [-0.2, 0) is 4.79 Å². The number of fused-ring (bicyclic) bond motifs is 1. The number of hydrogen-bond donors (Lipinski definition) is 2. The summed E-state index contributed by atoms with van der Waals surface area (Å²) in [6, 6.07) is 13.5. The van der Waals surface area contributed by atoms with Crippen molar-refractivity contribution in [2.45, 2.75) is 0 Å². The Morgan fingerprint density at radius 2 is 1.78 bits per heavy atom. The van der Waals surface area contributed by atoms with E-state index in [1.165, 1.54) is 41.2 Å². The van der Waals surface area contributed by atoms with E-state index in [2.05, 4.69) is 44.0 Å². The average Bonchev–Trinajstić information content (AvgIpc) is 2.91. The highest BCUT2D eigenvalue weighted by Crippen LogP contribution is 2.24. The van der Waals surface area contributed by atoms with Gasteiger partial charge in [-0.05, 0) is 55.6 Å². The lowest BCUT2D eigenvalue weighted by atomic mass is 10.2. The van der Waals surface area contributed by atoms with Crippen LogP contribution in [-0.4, -0.2) is 58.6 Å². The average molecular weight is 500 g/mol. The first-order valence-electron chi connectivity index (χ1n) is 11.8. The fourth-order valence-electron chi connectivity index (χ4n) is 4.21. The molecular weight excluding hydrogens is 473 g/mol. The quantitative estimate of drug-likeness (QED) is 0.392. The maximum Gasteiger partial charge on any atom is 0.247 e. The maximum atomic E-state index is 14.9. The van der Waals surface area contributed by atoms with Crippen LogP contribution in [0.15, 0.2) is 78.4 Å². The van der Waals surface area contributed by atoms with Crippen molar-refractivity contribution >= 4 is 40.0 Å². The minimum atomic E-state index is -0.547. The Hall–Kier alpha value is -4.57. The molecule has 1 aliphatic heterocycles. The molecule has 3 heterocycles.